The molecule has 1 rings (SSSR count). The second kappa shape index (κ2) is 6.09. The van der Waals surface area contributed by atoms with Gasteiger partial charge >= 0.3 is 0 Å². The Hall–Kier alpha value is -0.770. The quantitative estimate of drug-likeness (QED) is 0.830. The van der Waals surface area contributed by atoms with Crippen LogP contribution in [0.15, 0.2) is 18.2 Å². The molecule has 1 aromatic rings. The van der Waals surface area contributed by atoms with Gasteiger partial charge in [-0.05, 0) is 31.7 Å². The summed E-state index contributed by atoms with van der Waals surface area (Å²) in [5, 5.41) is 12.8. The van der Waals surface area contributed by atoms with E-state index in [4.69, 9.17) is 16.7 Å². The Kier molecular flexibility index (Phi) is 5.06. The van der Waals surface area contributed by atoms with Crippen LogP contribution in [0.2, 0.25) is 5.02 Å². The molecule has 4 heteroatoms. The minimum absolute atomic E-state index is 0.126. The van der Waals surface area contributed by atoms with Crippen LogP contribution < -0.4 is 10.2 Å². The van der Waals surface area contributed by atoms with Gasteiger partial charge in [-0.25, -0.2) is 0 Å². The summed E-state index contributed by atoms with van der Waals surface area (Å²) in [7, 11) is 3.84. The van der Waals surface area contributed by atoms with Crippen molar-refractivity contribution in [1.29, 1.82) is 0 Å². The fourth-order valence-electron chi connectivity index (χ4n) is 1.54. The molecule has 0 amide bonds. The monoisotopic (exact) mass is 242 g/mol. The first-order valence-electron chi connectivity index (χ1n) is 5.38. The van der Waals surface area contributed by atoms with Gasteiger partial charge < -0.3 is 15.3 Å². The van der Waals surface area contributed by atoms with Crippen LogP contribution in [0.4, 0.5) is 5.69 Å². The Morgan fingerprint density at radius 2 is 2.19 bits per heavy atom. The molecule has 16 heavy (non-hydrogen) atoms. The van der Waals surface area contributed by atoms with E-state index in [-0.39, 0.29) is 12.6 Å². The van der Waals surface area contributed by atoms with E-state index in [0.29, 0.717) is 6.54 Å². The Balaban J connectivity index is 2.91. The fraction of sp³-hybridized carbons (Fsp3) is 0.500. The predicted molar refractivity (Wildman–Crippen MR) is 69.3 cm³/mol. The standard InChI is InChI=1S/C12H19ClN2O/c1-9(14-2)10-4-5-12(11(13)8-10)15(3)6-7-16/h4-5,8-9,14,16H,6-7H2,1-3H3. The molecular formula is C12H19ClN2O. The average Bonchev–Trinajstić information content (AvgIpc) is 2.28. The van der Waals surface area contributed by atoms with E-state index in [9.17, 15) is 0 Å². The number of halogens is 1. The first kappa shape index (κ1) is 13.3. The van der Waals surface area contributed by atoms with Crippen LogP contribution >= 0.6 is 11.6 Å². The van der Waals surface area contributed by atoms with Crippen molar-refractivity contribution in [3.8, 4) is 0 Å². The van der Waals surface area contributed by atoms with Gasteiger partial charge in [-0.2, -0.15) is 0 Å². The third-order valence-corrected chi connectivity index (χ3v) is 3.05. The van der Waals surface area contributed by atoms with Gasteiger partial charge in [0.25, 0.3) is 0 Å². The molecule has 0 aliphatic rings. The van der Waals surface area contributed by atoms with Crippen molar-refractivity contribution in [2.75, 3.05) is 32.1 Å². The van der Waals surface area contributed by atoms with Gasteiger partial charge in [0.2, 0.25) is 0 Å². The zero-order chi connectivity index (χ0) is 12.1. The molecule has 1 aromatic carbocycles. The molecule has 0 spiro atoms. The molecule has 0 radical (unpaired) electrons. The Morgan fingerprint density at radius 1 is 1.50 bits per heavy atom. The molecule has 2 N–H and O–H groups in total. The van der Waals surface area contributed by atoms with Crippen molar-refractivity contribution in [3.63, 3.8) is 0 Å². The first-order chi connectivity index (χ1) is 7.60. The van der Waals surface area contributed by atoms with Crippen molar-refractivity contribution < 1.29 is 5.11 Å². The van der Waals surface area contributed by atoms with E-state index in [1.807, 2.05) is 31.1 Å². The van der Waals surface area contributed by atoms with E-state index in [0.717, 1.165) is 16.3 Å². The molecule has 0 saturated carbocycles. The highest BCUT2D eigenvalue weighted by Gasteiger charge is 2.09. The zero-order valence-electron chi connectivity index (χ0n) is 10.00. The second-order valence-corrected chi connectivity index (χ2v) is 4.27. The Labute approximate surface area is 102 Å². The lowest BCUT2D eigenvalue weighted by Gasteiger charge is -2.21. The summed E-state index contributed by atoms with van der Waals surface area (Å²) in [6.45, 7) is 2.80. The van der Waals surface area contributed by atoms with Gasteiger partial charge in [-0.15, -0.1) is 0 Å². The summed E-state index contributed by atoms with van der Waals surface area (Å²) in [5.74, 6) is 0. The lowest BCUT2D eigenvalue weighted by Crippen LogP contribution is -2.21. The van der Waals surface area contributed by atoms with Crippen molar-refractivity contribution in [3.05, 3.63) is 28.8 Å². The molecule has 0 saturated heterocycles. The maximum Gasteiger partial charge on any atom is 0.0642 e. The average molecular weight is 243 g/mol. The number of anilines is 1. The van der Waals surface area contributed by atoms with Crippen molar-refractivity contribution >= 4 is 17.3 Å². The number of hydrogen-bond donors (Lipinski definition) is 2. The van der Waals surface area contributed by atoms with Crippen LogP contribution in [0.3, 0.4) is 0 Å². The topological polar surface area (TPSA) is 35.5 Å². The van der Waals surface area contributed by atoms with Crippen molar-refractivity contribution in [2.45, 2.75) is 13.0 Å². The molecule has 0 heterocycles. The summed E-state index contributed by atoms with van der Waals surface area (Å²) in [4.78, 5) is 1.94. The zero-order valence-corrected chi connectivity index (χ0v) is 10.8. The molecule has 0 aliphatic carbocycles. The van der Waals surface area contributed by atoms with Crippen molar-refractivity contribution in [1.82, 2.24) is 5.32 Å². The number of nitrogens with one attached hydrogen (secondary N) is 1. The summed E-state index contributed by atoms with van der Waals surface area (Å²) in [5.41, 5.74) is 2.11. The maximum absolute atomic E-state index is 8.88. The minimum Gasteiger partial charge on any atom is -0.395 e. The summed E-state index contributed by atoms with van der Waals surface area (Å²) in [6.07, 6.45) is 0. The third kappa shape index (κ3) is 3.11. The molecule has 90 valence electrons. The third-order valence-electron chi connectivity index (χ3n) is 2.75. The van der Waals surface area contributed by atoms with E-state index >= 15 is 0 Å². The summed E-state index contributed by atoms with van der Waals surface area (Å²) < 4.78 is 0. The largest absolute Gasteiger partial charge is 0.395 e. The van der Waals surface area contributed by atoms with Gasteiger partial charge in [-0.1, -0.05) is 17.7 Å². The van der Waals surface area contributed by atoms with Gasteiger partial charge in [0, 0.05) is 19.6 Å². The molecule has 0 aromatic heterocycles. The number of rotatable bonds is 5. The SMILES string of the molecule is CNC(C)c1ccc(N(C)CCO)c(Cl)c1. The highest BCUT2D eigenvalue weighted by atomic mass is 35.5. The lowest BCUT2D eigenvalue weighted by atomic mass is 10.1. The van der Waals surface area contributed by atoms with Crippen LogP contribution in [0.25, 0.3) is 0 Å². The number of benzene rings is 1. The van der Waals surface area contributed by atoms with Gasteiger partial charge in [0.05, 0.1) is 17.3 Å². The normalized spacial score (nSPS) is 12.6. The highest BCUT2D eigenvalue weighted by molar-refractivity contribution is 6.33. The summed E-state index contributed by atoms with van der Waals surface area (Å²) >= 11 is 6.21. The van der Waals surface area contributed by atoms with E-state index in [1.54, 1.807) is 0 Å². The molecule has 0 aliphatic heterocycles. The Morgan fingerprint density at radius 3 is 2.69 bits per heavy atom. The fourth-order valence-corrected chi connectivity index (χ4v) is 1.87. The number of likely N-dealkylation sites (N-methyl/N-ethyl adjacent to an activating group) is 1. The smallest absolute Gasteiger partial charge is 0.0642 e. The molecule has 3 nitrogen and oxygen atoms in total. The van der Waals surface area contributed by atoms with Crippen molar-refractivity contribution in [2.24, 2.45) is 0 Å². The second-order valence-electron chi connectivity index (χ2n) is 3.87. The van der Waals surface area contributed by atoms with Crippen LogP contribution in [0.1, 0.15) is 18.5 Å². The molecular weight excluding hydrogens is 224 g/mol. The van der Waals surface area contributed by atoms with Crippen LogP contribution in [-0.4, -0.2) is 32.4 Å². The van der Waals surface area contributed by atoms with Crippen LogP contribution in [0.5, 0.6) is 0 Å². The minimum atomic E-state index is 0.126. The van der Waals surface area contributed by atoms with E-state index < -0.39 is 0 Å². The van der Waals surface area contributed by atoms with Gasteiger partial charge in [0.15, 0.2) is 0 Å². The Bertz CT molecular complexity index is 344. The van der Waals surface area contributed by atoms with Crippen LogP contribution in [-0.2, 0) is 0 Å². The van der Waals surface area contributed by atoms with E-state index in [2.05, 4.69) is 18.3 Å². The van der Waals surface area contributed by atoms with E-state index in [1.165, 1.54) is 0 Å². The predicted octanol–water partition coefficient (Wildman–Crippen LogP) is 2.05. The molecule has 0 fully saturated rings. The van der Waals surface area contributed by atoms with Gasteiger partial charge in [-0.3, -0.25) is 0 Å². The summed E-state index contributed by atoms with van der Waals surface area (Å²) in [6, 6.07) is 6.29. The number of aliphatic hydroxyl groups excluding tert-OH is 1. The lowest BCUT2D eigenvalue weighted by molar-refractivity contribution is 0.304. The number of nitrogens with zero attached hydrogens (tertiary/aromatic N) is 1. The van der Waals surface area contributed by atoms with Crippen LogP contribution in [0, 0.1) is 0 Å². The van der Waals surface area contributed by atoms with Gasteiger partial charge in [0.1, 0.15) is 0 Å². The molecule has 1 atom stereocenters. The molecule has 1 unspecified atom stereocenters. The maximum atomic E-state index is 8.88. The number of aliphatic hydroxyl groups is 1. The highest BCUT2D eigenvalue weighted by Crippen LogP contribution is 2.28. The first-order valence-corrected chi connectivity index (χ1v) is 5.76. The molecule has 0 bridgehead atoms. The number of hydrogen-bond acceptors (Lipinski definition) is 3.